The maximum Gasteiger partial charge on any atom is 0.212 e. The molecule has 0 saturated heterocycles. The van der Waals surface area contributed by atoms with Gasteiger partial charge in [-0.05, 0) is 18.4 Å². The van der Waals surface area contributed by atoms with E-state index in [9.17, 15) is 4.79 Å². The topological polar surface area (TPSA) is 17.1 Å². The van der Waals surface area contributed by atoms with Gasteiger partial charge in [-0.2, -0.15) is 0 Å². The summed E-state index contributed by atoms with van der Waals surface area (Å²) in [5, 5.41) is 0.665. The molecule has 0 spiro atoms. The molecule has 0 radical (unpaired) electrons. The van der Waals surface area contributed by atoms with Crippen LogP contribution in [0.1, 0.15) is 20.3 Å². The highest BCUT2D eigenvalue weighted by molar-refractivity contribution is 8.15. The molecule has 0 aromatic heterocycles. The van der Waals surface area contributed by atoms with Crippen molar-refractivity contribution in [3.05, 3.63) is 12.2 Å². The lowest BCUT2D eigenvalue weighted by atomic mass is 10.1. The van der Waals surface area contributed by atoms with Crippen LogP contribution in [0.3, 0.4) is 0 Å². The van der Waals surface area contributed by atoms with E-state index in [1.807, 2.05) is 6.08 Å². The van der Waals surface area contributed by atoms with Gasteiger partial charge >= 0.3 is 0 Å². The normalized spacial score (nSPS) is 24.7. The molecule has 0 amide bonds. The van der Waals surface area contributed by atoms with E-state index in [0.717, 1.165) is 6.42 Å². The SMILES string of the molecule is CC(C)CC1C=CC(=O)S1. The molecule has 1 unspecified atom stereocenters. The summed E-state index contributed by atoms with van der Waals surface area (Å²) in [5.41, 5.74) is 0. The van der Waals surface area contributed by atoms with Gasteiger partial charge in [0.1, 0.15) is 0 Å². The minimum atomic E-state index is 0.214. The average Bonchev–Trinajstić information content (AvgIpc) is 2.13. The fraction of sp³-hybridized carbons (Fsp3) is 0.625. The van der Waals surface area contributed by atoms with Gasteiger partial charge in [-0.3, -0.25) is 4.79 Å². The van der Waals surface area contributed by atoms with Crippen LogP contribution in [0.2, 0.25) is 0 Å². The summed E-state index contributed by atoms with van der Waals surface area (Å²) in [6.45, 7) is 4.36. The third kappa shape index (κ3) is 2.18. The van der Waals surface area contributed by atoms with E-state index >= 15 is 0 Å². The summed E-state index contributed by atoms with van der Waals surface area (Å²) in [5.74, 6) is 0.688. The first kappa shape index (κ1) is 7.86. The van der Waals surface area contributed by atoms with Gasteiger partial charge in [0.15, 0.2) is 0 Å². The maximum atomic E-state index is 10.7. The number of hydrogen-bond donors (Lipinski definition) is 0. The zero-order valence-electron chi connectivity index (χ0n) is 6.33. The molecule has 1 atom stereocenters. The molecule has 2 heteroatoms. The second-order valence-corrected chi connectivity index (χ2v) is 4.21. The maximum absolute atomic E-state index is 10.7. The highest BCUT2D eigenvalue weighted by Gasteiger charge is 2.16. The highest BCUT2D eigenvalue weighted by Crippen LogP contribution is 2.26. The number of hydrogen-bond acceptors (Lipinski definition) is 2. The Hall–Kier alpha value is -0.240. The molecule has 0 aliphatic carbocycles. The van der Waals surface area contributed by atoms with Crippen LogP contribution >= 0.6 is 11.8 Å². The largest absolute Gasteiger partial charge is 0.282 e. The molecule has 1 heterocycles. The first-order valence-corrected chi connectivity index (χ1v) is 4.45. The Morgan fingerprint density at radius 1 is 1.70 bits per heavy atom. The summed E-state index contributed by atoms with van der Waals surface area (Å²) in [4.78, 5) is 10.7. The van der Waals surface area contributed by atoms with E-state index in [2.05, 4.69) is 13.8 Å². The number of carbonyl (C=O) groups excluding carboxylic acids is 1. The molecule has 1 aliphatic heterocycles. The van der Waals surface area contributed by atoms with Gasteiger partial charge in [-0.15, -0.1) is 0 Å². The van der Waals surface area contributed by atoms with Gasteiger partial charge in [0.25, 0.3) is 0 Å². The molecule has 0 aromatic rings. The highest BCUT2D eigenvalue weighted by atomic mass is 32.2. The Balaban J connectivity index is 2.33. The van der Waals surface area contributed by atoms with Gasteiger partial charge in [-0.25, -0.2) is 0 Å². The third-order valence-electron chi connectivity index (χ3n) is 1.42. The van der Waals surface area contributed by atoms with Crippen molar-refractivity contribution >= 4 is 16.9 Å². The first-order chi connectivity index (χ1) is 4.68. The van der Waals surface area contributed by atoms with Crippen LogP contribution in [0.4, 0.5) is 0 Å². The molecular formula is C8H12OS. The molecule has 0 fully saturated rings. The van der Waals surface area contributed by atoms with Crippen LogP contribution in [0.25, 0.3) is 0 Å². The zero-order chi connectivity index (χ0) is 7.56. The predicted molar refractivity (Wildman–Crippen MR) is 45.0 cm³/mol. The van der Waals surface area contributed by atoms with Crippen LogP contribution in [0, 0.1) is 5.92 Å². The predicted octanol–water partition coefficient (Wildman–Crippen LogP) is 2.23. The lowest BCUT2D eigenvalue weighted by Crippen LogP contribution is -2.00. The molecule has 1 aliphatic rings. The quantitative estimate of drug-likeness (QED) is 0.610. The molecule has 1 nitrogen and oxygen atoms in total. The lowest BCUT2D eigenvalue weighted by Gasteiger charge is -2.07. The van der Waals surface area contributed by atoms with Gasteiger partial charge < -0.3 is 0 Å². The van der Waals surface area contributed by atoms with Crippen molar-refractivity contribution in [1.29, 1.82) is 0 Å². The molecule has 0 N–H and O–H groups in total. The number of carbonyl (C=O) groups is 1. The Labute approximate surface area is 65.9 Å². The molecule has 10 heavy (non-hydrogen) atoms. The molecule has 0 saturated carbocycles. The Morgan fingerprint density at radius 3 is 2.80 bits per heavy atom. The minimum Gasteiger partial charge on any atom is -0.282 e. The molecule has 0 bridgehead atoms. The summed E-state index contributed by atoms with van der Waals surface area (Å²) in [7, 11) is 0. The van der Waals surface area contributed by atoms with Crippen LogP contribution < -0.4 is 0 Å². The van der Waals surface area contributed by atoms with Crippen molar-refractivity contribution in [2.24, 2.45) is 5.92 Å². The third-order valence-corrected chi connectivity index (χ3v) is 2.44. The minimum absolute atomic E-state index is 0.214. The fourth-order valence-electron chi connectivity index (χ4n) is 1.00. The van der Waals surface area contributed by atoms with Gasteiger partial charge in [0.2, 0.25) is 5.12 Å². The smallest absolute Gasteiger partial charge is 0.212 e. The zero-order valence-corrected chi connectivity index (χ0v) is 7.15. The molecule has 56 valence electrons. The van der Waals surface area contributed by atoms with E-state index in [-0.39, 0.29) is 5.12 Å². The standard InChI is InChI=1S/C8H12OS/c1-6(2)5-7-3-4-8(9)10-7/h3-4,6-7H,5H2,1-2H3. The molecule has 1 rings (SSSR count). The summed E-state index contributed by atoms with van der Waals surface area (Å²) >= 11 is 1.44. The van der Waals surface area contributed by atoms with E-state index in [0.29, 0.717) is 11.2 Å². The van der Waals surface area contributed by atoms with Crippen molar-refractivity contribution in [3.63, 3.8) is 0 Å². The van der Waals surface area contributed by atoms with Crippen molar-refractivity contribution < 1.29 is 4.79 Å². The Bertz CT molecular complexity index is 161. The van der Waals surface area contributed by atoms with E-state index < -0.39 is 0 Å². The van der Waals surface area contributed by atoms with Crippen LogP contribution in [-0.4, -0.2) is 10.4 Å². The van der Waals surface area contributed by atoms with E-state index in [4.69, 9.17) is 0 Å². The Morgan fingerprint density at radius 2 is 2.40 bits per heavy atom. The average molecular weight is 156 g/mol. The van der Waals surface area contributed by atoms with Gasteiger partial charge in [0.05, 0.1) is 0 Å². The van der Waals surface area contributed by atoms with Gasteiger partial charge in [-0.1, -0.05) is 31.7 Å². The lowest BCUT2D eigenvalue weighted by molar-refractivity contribution is -0.106. The first-order valence-electron chi connectivity index (χ1n) is 3.57. The summed E-state index contributed by atoms with van der Waals surface area (Å²) < 4.78 is 0. The molecular weight excluding hydrogens is 144 g/mol. The summed E-state index contributed by atoms with van der Waals surface area (Å²) in [6.07, 6.45) is 4.80. The second kappa shape index (κ2) is 3.24. The number of rotatable bonds is 2. The van der Waals surface area contributed by atoms with E-state index in [1.54, 1.807) is 6.08 Å². The summed E-state index contributed by atoms with van der Waals surface area (Å²) in [6, 6.07) is 0. The van der Waals surface area contributed by atoms with Crippen LogP contribution in [0.15, 0.2) is 12.2 Å². The van der Waals surface area contributed by atoms with Crippen molar-refractivity contribution in [1.82, 2.24) is 0 Å². The van der Waals surface area contributed by atoms with Crippen molar-refractivity contribution in [3.8, 4) is 0 Å². The number of thioether (sulfide) groups is 1. The van der Waals surface area contributed by atoms with Crippen LogP contribution in [0.5, 0.6) is 0 Å². The fourth-order valence-corrected chi connectivity index (χ4v) is 2.10. The van der Waals surface area contributed by atoms with Crippen molar-refractivity contribution in [2.45, 2.75) is 25.5 Å². The van der Waals surface area contributed by atoms with E-state index in [1.165, 1.54) is 11.8 Å². The monoisotopic (exact) mass is 156 g/mol. The van der Waals surface area contributed by atoms with Gasteiger partial charge in [0, 0.05) is 5.25 Å². The second-order valence-electron chi connectivity index (χ2n) is 2.96. The Kier molecular flexibility index (Phi) is 2.55. The molecule has 0 aromatic carbocycles. The van der Waals surface area contributed by atoms with Crippen LogP contribution in [-0.2, 0) is 4.79 Å². The van der Waals surface area contributed by atoms with Crippen molar-refractivity contribution in [2.75, 3.05) is 0 Å².